The van der Waals surface area contributed by atoms with Crippen LogP contribution in [-0.4, -0.2) is 20.6 Å². The highest BCUT2D eigenvalue weighted by Gasteiger charge is 2.26. The summed E-state index contributed by atoms with van der Waals surface area (Å²) in [5, 5.41) is 9.00. The lowest BCUT2D eigenvalue weighted by Gasteiger charge is -2.20. The van der Waals surface area contributed by atoms with Gasteiger partial charge in [-0.2, -0.15) is 4.98 Å². The number of rotatable bonds is 4. The number of aliphatic carboxylic acids is 1. The molecule has 5 heteroatoms. The van der Waals surface area contributed by atoms with E-state index >= 15 is 0 Å². The minimum absolute atomic E-state index is 0.316. The molecule has 1 rings (SSSR count). The van der Waals surface area contributed by atoms with Crippen molar-refractivity contribution >= 4 is 5.97 Å². The Morgan fingerprint density at radius 1 is 1.47 bits per heavy atom. The number of carboxylic acids is 1. The van der Waals surface area contributed by atoms with Gasteiger partial charge in [0.2, 0.25) is 0 Å². The maximum absolute atomic E-state index is 11.7. The first-order valence-electron chi connectivity index (χ1n) is 5.52. The zero-order chi connectivity index (χ0) is 13.2. The van der Waals surface area contributed by atoms with E-state index in [1.54, 1.807) is 20.8 Å². The highest BCUT2D eigenvalue weighted by molar-refractivity contribution is 5.73. The second-order valence-electron chi connectivity index (χ2n) is 4.91. The predicted molar refractivity (Wildman–Crippen MR) is 64.0 cm³/mol. The van der Waals surface area contributed by atoms with Crippen molar-refractivity contribution in [3.8, 4) is 0 Å². The van der Waals surface area contributed by atoms with Gasteiger partial charge in [-0.15, -0.1) is 0 Å². The largest absolute Gasteiger partial charge is 0.481 e. The van der Waals surface area contributed by atoms with Crippen LogP contribution < -0.4 is 5.69 Å². The van der Waals surface area contributed by atoms with Crippen LogP contribution in [0.15, 0.2) is 10.9 Å². The van der Waals surface area contributed by atoms with Crippen LogP contribution in [-0.2, 0) is 11.3 Å². The number of aromatic nitrogens is 2. The second-order valence-corrected chi connectivity index (χ2v) is 4.91. The number of nitrogens with zero attached hydrogens (tertiary/aromatic N) is 2. The van der Waals surface area contributed by atoms with Crippen molar-refractivity contribution in [1.29, 1.82) is 0 Å². The Bertz CT molecular complexity index is 489. The third-order valence-corrected chi connectivity index (χ3v) is 2.89. The van der Waals surface area contributed by atoms with Gasteiger partial charge in [0.1, 0.15) is 0 Å². The van der Waals surface area contributed by atoms with Gasteiger partial charge in [0.05, 0.1) is 5.41 Å². The van der Waals surface area contributed by atoms with E-state index in [0.717, 1.165) is 5.69 Å². The fourth-order valence-electron chi connectivity index (χ4n) is 1.54. The van der Waals surface area contributed by atoms with Crippen LogP contribution in [0.25, 0.3) is 0 Å². The lowest BCUT2D eigenvalue weighted by atomic mass is 9.89. The van der Waals surface area contributed by atoms with Gasteiger partial charge in [0.25, 0.3) is 0 Å². The average Bonchev–Trinajstić information content (AvgIpc) is 2.15. The standard InChI is InChI=1S/C12H18N2O3/c1-8-7-9(2)14(11(17)13-8)6-5-12(3,4)10(15)16/h7H,5-6H2,1-4H3,(H,15,16). The van der Waals surface area contributed by atoms with E-state index in [1.165, 1.54) is 4.57 Å². The molecule has 1 aromatic heterocycles. The van der Waals surface area contributed by atoms with Crippen LogP contribution in [0.3, 0.4) is 0 Å². The van der Waals surface area contributed by atoms with Crippen molar-refractivity contribution in [3.63, 3.8) is 0 Å². The fraction of sp³-hybridized carbons (Fsp3) is 0.583. The van der Waals surface area contributed by atoms with E-state index in [2.05, 4.69) is 4.98 Å². The minimum Gasteiger partial charge on any atom is -0.481 e. The molecule has 1 aromatic rings. The van der Waals surface area contributed by atoms with E-state index in [0.29, 0.717) is 18.7 Å². The summed E-state index contributed by atoms with van der Waals surface area (Å²) in [4.78, 5) is 26.5. The molecule has 0 atom stereocenters. The van der Waals surface area contributed by atoms with Crippen molar-refractivity contribution in [3.05, 3.63) is 27.9 Å². The first-order valence-corrected chi connectivity index (χ1v) is 5.52. The molecule has 94 valence electrons. The molecule has 17 heavy (non-hydrogen) atoms. The Labute approximate surface area is 100 Å². The SMILES string of the molecule is Cc1cc(C)n(CCC(C)(C)C(=O)O)c(=O)n1. The number of hydrogen-bond donors (Lipinski definition) is 1. The molecule has 5 nitrogen and oxygen atoms in total. The molecule has 0 aliphatic carbocycles. The molecule has 0 saturated carbocycles. The number of aryl methyl sites for hydroxylation is 2. The summed E-state index contributed by atoms with van der Waals surface area (Å²) in [7, 11) is 0. The summed E-state index contributed by atoms with van der Waals surface area (Å²) < 4.78 is 1.51. The summed E-state index contributed by atoms with van der Waals surface area (Å²) in [6.07, 6.45) is 0.397. The summed E-state index contributed by atoms with van der Waals surface area (Å²) in [5.41, 5.74) is 0.338. The van der Waals surface area contributed by atoms with Crippen molar-refractivity contribution in [2.75, 3.05) is 0 Å². The third-order valence-electron chi connectivity index (χ3n) is 2.89. The Morgan fingerprint density at radius 3 is 2.53 bits per heavy atom. The molecule has 0 amide bonds. The molecule has 0 aliphatic heterocycles. The normalized spacial score (nSPS) is 11.5. The Morgan fingerprint density at radius 2 is 2.06 bits per heavy atom. The van der Waals surface area contributed by atoms with Crippen LogP contribution in [0.5, 0.6) is 0 Å². The number of hydrogen-bond acceptors (Lipinski definition) is 3. The number of carbonyl (C=O) groups is 1. The molecule has 0 saturated heterocycles. The number of carboxylic acid groups (broad SMARTS) is 1. The molecule has 1 heterocycles. The van der Waals surface area contributed by atoms with E-state index in [4.69, 9.17) is 5.11 Å². The van der Waals surface area contributed by atoms with E-state index in [9.17, 15) is 9.59 Å². The van der Waals surface area contributed by atoms with Gasteiger partial charge in [-0.3, -0.25) is 9.36 Å². The minimum atomic E-state index is -0.858. The van der Waals surface area contributed by atoms with Crippen LogP contribution in [0.2, 0.25) is 0 Å². The molecule has 0 fully saturated rings. The van der Waals surface area contributed by atoms with Gasteiger partial charge >= 0.3 is 11.7 Å². The van der Waals surface area contributed by atoms with Crippen LogP contribution in [0.1, 0.15) is 31.7 Å². The molecule has 0 aromatic carbocycles. The first kappa shape index (κ1) is 13.4. The lowest BCUT2D eigenvalue weighted by Crippen LogP contribution is -2.30. The molecular formula is C12H18N2O3. The summed E-state index contributed by atoms with van der Waals surface area (Å²) >= 11 is 0. The van der Waals surface area contributed by atoms with E-state index in [1.807, 2.05) is 13.0 Å². The molecule has 0 unspecified atom stereocenters. The molecule has 0 radical (unpaired) electrons. The quantitative estimate of drug-likeness (QED) is 0.859. The van der Waals surface area contributed by atoms with Gasteiger partial charge in [-0.1, -0.05) is 0 Å². The molecule has 0 aliphatic rings. The Balaban J connectivity index is 2.91. The van der Waals surface area contributed by atoms with Gasteiger partial charge in [0, 0.05) is 17.9 Å². The Kier molecular flexibility index (Phi) is 3.70. The Hall–Kier alpha value is -1.65. The maximum atomic E-state index is 11.7. The zero-order valence-corrected chi connectivity index (χ0v) is 10.6. The van der Waals surface area contributed by atoms with Crippen molar-refractivity contribution in [1.82, 2.24) is 9.55 Å². The van der Waals surface area contributed by atoms with Crippen molar-refractivity contribution in [2.24, 2.45) is 5.41 Å². The highest BCUT2D eigenvalue weighted by atomic mass is 16.4. The van der Waals surface area contributed by atoms with Crippen molar-refractivity contribution in [2.45, 2.75) is 40.7 Å². The van der Waals surface area contributed by atoms with Gasteiger partial charge < -0.3 is 5.11 Å². The summed E-state index contributed by atoms with van der Waals surface area (Å²) in [6.45, 7) is 7.26. The highest BCUT2D eigenvalue weighted by Crippen LogP contribution is 2.21. The molecule has 1 N–H and O–H groups in total. The second kappa shape index (κ2) is 4.69. The van der Waals surface area contributed by atoms with Crippen LogP contribution >= 0.6 is 0 Å². The lowest BCUT2D eigenvalue weighted by molar-refractivity contribution is -0.147. The van der Waals surface area contributed by atoms with Gasteiger partial charge in [0.15, 0.2) is 0 Å². The zero-order valence-electron chi connectivity index (χ0n) is 10.6. The summed E-state index contributed by atoms with van der Waals surface area (Å²) in [6, 6.07) is 1.81. The van der Waals surface area contributed by atoms with Gasteiger partial charge in [-0.05, 0) is 40.2 Å². The smallest absolute Gasteiger partial charge is 0.347 e. The fourth-order valence-corrected chi connectivity index (χ4v) is 1.54. The predicted octanol–water partition coefficient (Wildman–Crippen LogP) is 1.36. The van der Waals surface area contributed by atoms with E-state index < -0.39 is 11.4 Å². The topological polar surface area (TPSA) is 72.2 Å². The molecule has 0 spiro atoms. The van der Waals surface area contributed by atoms with Crippen LogP contribution in [0, 0.1) is 19.3 Å². The molecule has 0 bridgehead atoms. The third kappa shape index (κ3) is 3.15. The average molecular weight is 238 g/mol. The van der Waals surface area contributed by atoms with Crippen LogP contribution in [0.4, 0.5) is 0 Å². The van der Waals surface area contributed by atoms with E-state index in [-0.39, 0.29) is 5.69 Å². The monoisotopic (exact) mass is 238 g/mol. The first-order chi connectivity index (χ1) is 7.74. The summed E-state index contributed by atoms with van der Waals surface area (Å²) in [5.74, 6) is -0.858. The molecular weight excluding hydrogens is 220 g/mol. The van der Waals surface area contributed by atoms with Gasteiger partial charge in [-0.25, -0.2) is 4.79 Å². The maximum Gasteiger partial charge on any atom is 0.347 e. The van der Waals surface area contributed by atoms with Crippen molar-refractivity contribution < 1.29 is 9.90 Å².